The Labute approximate surface area is 189 Å². The fraction of sp³-hybridized carbons (Fsp3) is 0.200. The van der Waals surface area contributed by atoms with Crippen molar-refractivity contribution in [3.05, 3.63) is 131 Å². The zero-order valence-corrected chi connectivity index (χ0v) is 17.9. The molecule has 32 heavy (non-hydrogen) atoms. The van der Waals surface area contributed by atoms with Crippen LogP contribution in [-0.2, 0) is 6.42 Å². The summed E-state index contributed by atoms with van der Waals surface area (Å²) < 4.78 is 6.38. The quantitative estimate of drug-likeness (QED) is 0.362. The van der Waals surface area contributed by atoms with E-state index >= 15 is 0 Å². The van der Waals surface area contributed by atoms with Gasteiger partial charge in [-0.15, -0.1) is 0 Å². The first kappa shape index (κ1) is 18.1. The molecule has 3 aliphatic rings. The van der Waals surface area contributed by atoms with Gasteiger partial charge in [0.25, 0.3) is 0 Å². The summed E-state index contributed by atoms with van der Waals surface area (Å²) in [5, 5.41) is 0. The Morgan fingerprint density at radius 3 is 2.16 bits per heavy atom. The Hall–Kier alpha value is -3.52. The molecule has 0 radical (unpaired) electrons. The van der Waals surface area contributed by atoms with Crippen molar-refractivity contribution in [1.29, 1.82) is 0 Å². The van der Waals surface area contributed by atoms with Crippen LogP contribution in [-0.4, -0.2) is 6.61 Å². The minimum Gasteiger partial charge on any atom is -0.493 e. The molecule has 2 nitrogen and oxygen atoms in total. The highest BCUT2D eigenvalue weighted by molar-refractivity contribution is 5.72. The van der Waals surface area contributed by atoms with Gasteiger partial charge in [-0.3, -0.25) is 0 Å². The summed E-state index contributed by atoms with van der Waals surface area (Å²) in [7, 11) is 0. The van der Waals surface area contributed by atoms with Gasteiger partial charge in [0.15, 0.2) is 0 Å². The molecule has 0 fully saturated rings. The van der Waals surface area contributed by atoms with E-state index in [1.54, 1.807) is 0 Å². The molecule has 4 atom stereocenters. The second kappa shape index (κ2) is 7.00. The van der Waals surface area contributed by atoms with Gasteiger partial charge in [-0.05, 0) is 34.7 Å². The van der Waals surface area contributed by atoms with Crippen LogP contribution in [0.5, 0.6) is 5.75 Å². The van der Waals surface area contributed by atoms with Crippen molar-refractivity contribution in [3.8, 4) is 5.75 Å². The van der Waals surface area contributed by atoms with Gasteiger partial charge in [0.2, 0.25) is 0 Å². The van der Waals surface area contributed by atoms with Gasteiger partial charge in [0, 0.05) is 23.1 Å². The monoisotopic (exact) mass is 415 g/mol. The van der Waals surface area contributed by atoms with E-state index in [1.165, 1.54) is 33.5 Å². The van der Waals surface area contributed by atoms with E-state index in [1.807, 2.05) is 0 Å². The van der Waals surface area contributed by atoms with Gasteiger partial charge >= 0.3 is 0 Å². The Kier molecular flexibility index (Phi) is 3.96. The van der Waals surface area contributed by atoms with Gasteiger partial charge in [-0.1, -0.05) is 97.1 Å². The van der Waals surface area contributed by atoms with Crippen LogP contribution in [0.2, 0.25) is 0 Å². The molecule has 0 saturated carbocycles. The molecule has 156 valence electrons. The molecular weight excluding hydrogens is 390 g/mol. The molecule has 0 bridgehead atoms. The lowest BCUT2D eigenvalue weighted by atomic mass is 9.70. The number of para-hydroxylation sites is 2. The molecule has 0 aliphatic carbocycles. The number of benzene rings is 4. The summed E-state index contributed by atoms with van der Waals surface area (Å²) in [6.07, 6.45) is 1.06. The SMILES string of the molecule is c1ccc(C2c3cccc4c3N(C3c5ccccc5OCC23)[C@H](c2ccccc2)C4)cc1. The molecule has 3 unspecified atom stereocenters. The molecule has 0 amide bonds. The number of hydrogen-bond donors (Lipinski definition) is 0. The highest BCUT2D eigenvalue weighted by Crippen LogP contribution is 2.60. The summed E-state index contributed by atoms with van der Waals surface area (Å²) in [4.78, 5) is 2.74. The zero-order chi connectivity index (χ0) is 21.1. The van der Waals surface area contributed by atoms with Gasteiger partial charge < -0.3 is 9.64 Å². The Balaban J connectivity index is 1.49. The number of ether oxygens (including phenoxy) is 1. The van der Waals surface area contributed by atoms with E-state index in [9.17, 15) is 0 Å². The Bertz CT molecular complexity index is 1280. The van der Waals surface area contributed by atoms with Crippen LogP contribution in [0.4, 0.5) is 5.69 Å². The molecule has 0 spiro atoms. The highest BCUT2D eigenvalue weighted by Gasteiger charge is 2.50. The molecule has 0 saturated heterocycles. The maximum Gasteiger partial charge on any atom is 0.124 e. The largest absolute Gasteiger partial charge is 0.493 e. The maximum atomic E-state index is 6.38. The van der Waals surface area contributed by atoms with Crippen LogP contribution >= 0.6 is 0 Å². The fourth-order valence-corrected chi connectivity index (χ4v) is 6.41. The van der Waals surface area contributed by atoms with E-state index in [0.29, 0.717) is 23.9 Å². The summed E-state index contributed by atoms with van der Waals surface area (Å²) in [5.74, 6) is 1.73. The lowest BCUT2D eigenvalue weighted by Crippen LogP contribution is -2.45. The Morgan fingerprint density at radius 2 is 1.34 bits per heavy atom. The van der Waals surface area contributed by atoms with E-state index in [4.69, 9.17) is 4.74 Å². The second-order valence-electron chi connectivity index (χ2n) is 9.24. The predicted molar refractivity (Wildman–Crippen MR) is 128 cm³/mol. The first-order valence-corrected chi connectivity index (χ1v) is 11.6. The minimum absolute atomic E-state index is 0.298. The number of anilines is 1. The first-order valence-electron chi connectivity index (χ1n) is 11.6. The van der Waals surface area contributed by atoms with Crippen LogP contribution in [0.25, 0.3) is 0 Å². The normalized spacial score (nSPS) is 24.8. The van der Waals surface area contributed by atoms with Crippen LogP contribution in [0.3, 0.4) is 0 Å². The van der Waals surface area contributed by atoms with Crippen LogP contribution < -0.4 is 9.64 Å². The van der Waals surface area contributed by atoms with Crippen molar-refractivity contribution < 1.29 is 4.74 Å². The smallest absolute Gasteiger partial charge is 0.124 e. The molecule has 2 heteroatoms. The van der Waals surface area contributed by atoms with E-state index in [2.05, 4.69) is 108 Å². The van der Waals surface area contributed by atoms with Crippen molar-refractivity contribution in [3.63, 3.8) is 0 Å². The maximum absolute atomic E-state index is 6.38. The molecule has 3 aliphatic heterocycles. The van der Waals surface area contributed by atoms with Crippen molar-refractivity contribution in [2.75, 3.05) is 11.5 Å². The number of nitrogens with zero attached hydrogens (tertiary/aromatic N) is 1. The van der Waals surface area contributed by atoms with Crippen molar-refractivity contribution in [2.45, 2.75) is 24.4 Å². The fourth-order valence-electron chi connectivity index (χ4n) is 6.41. The van der Waals surface area contributed by atoms with Gasteiger partial charge in [0.1, 0.15) is 5.75 Å². The van der Waals surface area contributed by atoms with E-state index in [-0.39, 0.29) is 0 Å². The lowest BCUT2D eigenvalue weighted by Gasteiger charge is -2.50. The molecule has 0 aromatic heterocycles. The zero-order valence-electron chi connectivity index (χ0n) is 17.9. The topological polar surface area (TPSA) is 12.5 Å². The summed E-state index contributed by atoms with van der Waals surface area (Å²) in [5.41, 5.74) is 8.49. The number of rotatable bonds is 2. The lowest BCUT2D eigenvalue weighted by molar-refractivity contribution is 0.166. The predicted octanol–water partition coefficient (Wildman–Crippen LogP) is 6.69. The Morgan fingerprint density at radius 1 is 0.656 bits per heavy atom. The molecule has 4 aromatic rings. The van der Waals surface area contributed by atoms with Gasteiger partial charge in [-0.25, -0.2) is 0 Å². The highest BCUT2D eigenvalue weighted by atomic mass is 16.5. The summed E-state index contributed by atoms with van der Waals surface area (Å²) in [6.45, 7) is 0.739. The van der Waals surface area contributed by atoms with Crippen LogP contribution in [0.1, 0.15) is 45.8 Å². The van der Waals surface area contributed by atoms with Crippen molar-refractivity contribution in [1.82, 2.24) is 0 Å². The first-order chi connectivity index (χ1) is 15.9. The molecular formula is C30H25NO. The van der Waals surface area contributed by atoms with E-state index < -0.39 is 0 Å². The molecule has 7 rings (SSSR count). The minimum atomic E-state index is 0.298. The third kappa shape index (κ3) is 2.53. The summed E-state index contributed by atoms with van der Waals surface area (Å²) >= 11 is 0. The second-order valence-corrected chi connectivity index (χ2v) is 9.24. The van der Waals surface area contributed by atoms with Gasteiger partial charge in [0.05, 0.1) is 18.7 Å². The third-order valence-electron chi connectivity index (χ3n) is 7.64. The molecule has 0 N–H and O–H groups in total. The average molecular weight is 416 g/mol. The molecule has 4 aromatic carbocycles. The van der Waals surface area contributed by atoms with Crippen LogP contribution in [0, 0.1) is 5.92 Å². The van der Waals surface area contributed by atoms with Crippen molar-refractivity contribution >= 4 is 5.69 Å². The summed E-state index contributed by atoms with van der Waals surface area (Å²) in [6, 6.07) is 38.4. The number of fused-ring (bicyclic) bond motifs is 4. The van der Waals surface area contributed by atoms with Crippen LogP contribution in [0.15, 0.2) is 103 Å². The average Bonchev–Trinajstić information content (AvgIpc) is 3.26. The number of hydrogen-bond acceptors (Lipinski definition) is 2. The standard InChI is InChI=1S/C30H25NO/c1-3-10-20(11-4-1)26-18-22-14-9-16-24-28(21-12-5-2-6-13-21)25-19-32-27-17-8-7-15-23(27)30(25)31(26)29(22)24/h1-17,25-26,28,30H,18-19H2/t25?,26-,28?,30?/m0/s1. The van der Waals surface area contributed by atoms with Crippen molar-refractivity contribution in [2.24, 2.45) is 5.92 Å². The third-order valence-corrected chi connectivity index (χ3v) is 7.64. The van der Waals surface area contributed by atoms with E-state index in [0.717, 1.165) is 18.8 Å². The molecule has 3 heterocycles. The van der Waals surface area contributed by atoms with Gasteiger partial charge in [-0.2, -0.15) is 0 Å².